The van der Waals surface area contributed by atoms with Crippen molar-refractivity contribution in [2.75, 3.05) is 31.2 Å². The molecule has 100 valence electrons. The summed E-state index contributed by atoms with van der Waals surface area (Å²) in [6.07, 6.45) is 2.14. The highest BCUT2D eigenvalue weighted by Crippen LogP contribution is 2.20. The van der Waals surface area contributed by atoms with Gasteiger partial charge in [0.15, 0.2) is 9.84 Å². The van der Waals surface area contributed by atoms with E-state index >= 15 is 0 Å². The Morgan fingerprint density at radius 3 is 2.76 bits per heavy atom. The van der Waals surface area contributed by atoms with Crippen LogP contribution in [-0.2, 0) is 14.6 Å². The van der Waals surface area contributed by atoms with Crippen LogP contribution in [0.4, 0.5) is 0 Å². The average molecular weight is 262 g/mol. The van der Waals surface area contributed by atoms with E-state index in [0.717, 1.165) is 32.5 Å². The number of nitrogens with two attached hydrogens (primary N) is 1. The van der Waals surface area contributed by atoms with Crippen molar-refractivity contribution in [3.8, 4) is 0 Å². The van der Waals surface area contributed by atoms with E-state index in [1.54, 1.807) is 0 Å². The van der Waals surface area contributed by atoms with Crippen LogP contribution in [0.3, 0.4) is 0 Å². The Hall–Kier alpha value is -0.170. The first-order chi connectivity index (χ1) is 8.02. The van der Waals surface area contributed by atoms with Gasteiger partial charge in [-0.15, -0.1) is 0 Å². The van der Waals surface area contributed by atoms with Gasteiger partial charge in [-0.25, -0.2) is 8.42 Å². The zero-order valence-electron chi connectivity index (χ0n) is 10.3. The van der Waals surface area contributed by atoms with Gasteiger partial charge in [0.1, 0.15) is 0 Å². The van der Waals surface area contributed by atoms with Crippen molar-refractivity contribution in [3.05, 3.63) is 0 Å². The molecule has 0 bridgehead atoms. The third-order valence-corrected chi connectivity index (χ3v) is 5.41. The number of rotatable bonds is 2. The molecular formula is C11H22N2O3S. The van der Waals surface area contributed by atoms with Crippen LogP contribution in [0.25, 0.3) is 0 Å². The van der Waals surface area contributed by atoms with Gasteiger partial charge in [0.2, 0.25) is 0 Å². The summed E-state index contributed by atoms with van der Waals surface area (Å²) in [6.45, 7) is 4.57. The van der Waals surface area contributed by atoms with Crippen LogP contribution in [0, 0.1) is 0 Å². The molecule has 2 saturated heterocycles. The minimum absolute atomic E-state index is 0.0178. The first-order valence-corrected chi connectivity index (χ1v) is 8.15. The maximum absolute atomic E-state index is 11.6. The van der Waals surface area contributed by atoms with Crippen LogP contribution in [-0.4, -0.2) is 62.7 Å². The largest absolute Gasteiger partial charge is 0.377 e. The molecule has 0 aliphatic carbocycles. The lowest BCUT2D eigenvalue weighted by Gasteiger charge is -2.30. The predicted octanol–water partition coefficient (Wildman–Crippen LogP) is -0.388. The summed E-state index contributed by atoms with van der Waals surface area (Å²) in [7, 11) is -2.94. The number of sulfone groups is 1. The van der Waals surface area contributed by atoms with Crippen molar-refractivity contribution in [2.24, 2.45) is 5.73 Å². The van der Waals surface area contributed by atoms with E-state index in [9.17, 15) is 8.42 Å². The molecule has 3 atom stereocenters. The number of hydrogen-bond acceptors (Lipinski definition) is 5. The van der Waals surface area contributed by atoms with Gasteiger partial charge >= 0.3 is 0 Å². The van der Waals surface area contributed by atoms with Crippen LogP contribution in [0.5, 0.6) is 0 Å². The molecule has 0 aromatic rings. The fourth-order valence-corrected chi connectivity index (χ4v) is 4.63. The van der Waals surface area contributed by atoms with Gasteiger partial charge < -0.3 is 10.5 Å². The topological polar surface area (TPSA) is 72.6 Å². The molecule has 2 fully saturated rings. The fourth-order valence-electron chi connectivity index (χ4n) is 2.70. The minimum Gasteiger partial charge on any atom is -0.377 e. The summed E-state index contributed by atoms with van der Waals surface area (Å²) in [4.78, 5) is 2.22. The van der Waals surface area contributed by atoms with E-state index in [1.807, 2.05) is 0 Å². The van der Waals surface area contributed by atoms with Gasteiger partial charge in [0, 0.05) is 31.8 Å². The second kappa shape index (κ2) is 5.22. The summed E-state index contributed by atoms with van der Waals surface area (Å²) in [6, 6.07) is -0.258. The van der Waals surface area contributed by atoms with Crippen LogP contribution in [0.1, 0.15) is 19.8 Å². The Bertz CT molecular complexity index is 358. The van der Waals surface area contributed by atoms with Gasteiger partial charge in [-0.1, -0.05) is 6.92 Å². The van der Waals surface area contributed by atoms with Crippen LogP contribution >= 0.6 is 0 Å². The van der Waals surface area contributed by atoms with E-state index < -0.39 is 9.84 Å². The van der Waals surface area contributed by atoms with Crippen molar-refractivity contribution >= 4 is 9.84 Å². The molecule has 0 saturated carbocycles. The SMILES string of the molecule is CCC1CN(C2CS(=O)(=O)CC2N)CCCO1. The van der Waals surface area contributed by atoms with E-state index in [-0.39, 0.29) is 29.7 Å². The van der Waals surface area contributed by atoms with Crippen molar-refractivity contribution in [3.63, 3.8) is 0 Å². The number of hydrogen-bond donors (Lipinski definition) is 1. The zero-order valence-corrected chi connectivity index (χ0v) is 11.2. The van der Waals surface area contributed by atoms with Crippen LogP contribution < -0.4 is 5.73 Å². The van der Waals surface area contributed by atoms with Gasteiger partial charge in [-0.05, 0) is 12.8 Å². The smallest absolute Gasteiger partial charge is 0.153 e. The fraction of sp³-hybridized carbons (Fsp3) is 1.00. The van der Waals surface area contributed by atoms with Crippen molar-refractivity contribution in [1.29, 1.82) is 0 Å². The zero-order chi connectivity index (χ0) is 12.5. The lowest BCUT2D eigenvalue weighted by Crippen LogP contribution is -2.49. The van der Waals surface area contributed by atoms with Crippen molar-refractivity contribution in [2.45, 2.75) is 38.0 Å². The van der Waals surface area contributed by atoms with Crippen molar-refractivity contribution < 1.29 is 13.2 Å². The third-order valence-electron chi connectivity index (χ3n) is 3.67. The van der Waals surface area contributed by atoms with Gasteiger partial charge in [0.05, 0.1) is 17.6 Å². The first kappa shape index (κ1) is 13.3. The Labute approximate surface area is 103 Å². The maximum Gasteiger partial charge on any atom is 0.153 e. The van der Waals surface area contributed by atoms with E-state index in [0.29, 0.717) is 0 Å². The maximum atomic E-state index is 11.6. The molecule has 2 aliphatic rings. The molecule has 2 N–H and O–H groups in total. The highest BCUT2D eigenvalue weighted by molar-refractivity contribution is 7.91. The molecular weight excluding hydrogens is 240 g/mol. The highest BCUT2D eigenvalue weighted by Gasteiger charge is 2.39. The summed E-state index contributed by atoms with van der Waals surface area (Å²) in [5.41, 5.74) is 5.96. The molecule has 0 radical (unpaired) electrons. The second-order valence-electron chi connectivity index (χ2n) is 5.06. The predicted molar refractivity (Wildman–Crippen MR) is 66.6 cm³/mol. The summed E-state index contributed by atoms with van der Waals surface area (Å²) < 4.78 is 28.9. The van der Waals surface area contributed by atoms with E-state index in [4.69, 9.17) is 10.5 Å². The van der Waals surface area contributed by atoms with E-state index in [1.165, 1.54) is 0 Å². The monoisotopic (exact) mass is 262 g/mol. The van der Waals surface area contributed by atoms with Crippen LogP contribution in [0.15, 0.2) is 0 Å². The normalized spacial score (nSPS) is 39.1. The molecule has 5 nitrogen and oxygen atoms in total. The van der Waals surface area contributed by atoms with Gasteiger partial charge in [-0.3, -0.25) is 4.90 Å². The standard InChI is InChI=1S/C11H22N2O3S/c1-2-9-6-13(4-3-5-16-9)11-8-17(14,15)7-10(11)12/h9-11H,2-8,12H2,1H3. The average Bonchev–Trinajstić information content (AvgIpc) is 2.46. The number of nitrogens with zero attached hydrogens (tertiary/aromatic N) is 1. The van der Waals surface area contributed by atoms with Crippen LogP contribution in [0.2, 0.25) is 0 Å². The molecule has 0 aromatic carbocycles. The number of ether oxygens (including phenoxy) is 1. The van der Waals surface area contributed by atoms with E-state index in [2.05, 4.69) is 11.8 Å². The Balaban J connectivity index is 2.05. The van der Waals surface area contributed by atoms with Gasteiger partial charge in [0.25, 0.3) is 0 Å². The summed E-state index contributed by atoms with van der Waals surface area (Å²) >= 11 is 0. The molecule has 3 unspecified atom stereocenters. The first-order valence-electron chi connectivity index (χ1n) is 6.33. The third kappa shape index (κ3) is 3.19. The summed E-state index contributed by atoms with van der Waals surface area (Å²) in [5, 5.41) is 0. The lowest BCUT2D eigenvalue weighted by molar-refractivity contribution is 0.0461. The molecule has 2 rings (SSSR count). The lowest BCUT2D eigenvalue weighted by atomic mass is 10.1. The molecule has 6 heteroatoms. The second-order valence-corrected chi connectivity index (χ2v) is 7.21. The summed E-state index contributed by atoms with van der Waals surface area (Å²) in [5.74, 6) is 0.344. The highest BCUT2D eigenvalue weighted by atomic mass is 32.2. The quantitative estimate of drug-likeness (QED) is 0.734. The molecule has 0 spiro atoms. The minimum atomic E-state index is -2.94. The molecule has 0 amide bonds. The molecule has 2 aliphatic heterocycles. The Kier molecular flexibility index (Phi) is 4.07. The molecule has 17 heavy (non-hydrogen) atoms. The molecule has 2 heterocycles. The van der Waals surface area contributed by atoms with Gasteiger partial charge in [-0.2, -0.15) is 0 Å². The van der Waals surface area contributed by atoms with Crippen molar-refractivity contribution in [1.82, 2.24) is 4.90 Å². The molecule has 0 aromatic heterocycles. The Morgan fingerprint density at radius 1 is 1.41 bits per heavy atom. The Morgan fingerprint density at radius 2 is 2.18 bits per heavy atom.